The van der Waals surface area contributed by atoms with Gasteiger partial charge in [0.05, 0.1) is 12.5 Å². The van der Waals surface area contributed by atoms with E-state index >= 15 is 0 Å². The van der Waals surface area contributed by atoms with Crippen molar-refractivity contribution in [2.24, 2.45) is 11.5 Å². The van der Waals surface area contributed by atoms with Crippen LogP contribution in [0.1, 0.15) is 37.7 Å². The topological polar surface area (TPSA) is 289 Å². The Kier molecular flexibility index (Phi) is 12.8. The summed E-state index contributed by atoms with van der Waals surface area (Å²) >= 11 is 0. The van der Waals surface area contributed by atoms with Crippen molar-refractivity contribution in [3.8, 4) is 5.75 Å². The quantitative estimate of drug-likeness (QED) is 0.0960. The zero-order valence-corrected chi connectivity index (χ0v) is 20.7. The van der Waals surface area contributed by atoms with Crippen molar-refractivity contribution in [3.05, 3.63) is 29.8 Å². The van der Waals surface area contributed by atoms with Crippen LogP contribution in [0.2, 0.25) is 0 Å². The van der Waals surface area contributed by atoms with Gasteiger partial charge in [-0.1, -0.05) is 12.1 Å². The molecule has 0 fully saturated rings. The number of aromatic hydroxyl groups is 1. The zero-order valence-electron chi connectivity index (χ0n) is 20.7. The summed E-state index contributed by atoms with van der Waals surface area (Å²) in [4.78, 5) is 82.9. The van der Waals surface area contributed by atoms with Crippen molar-refractivity contribution < 1.29 is 54.0 Å². The van der Waals surface area contributed by atoms with E-state index in [9.17, 15) is 43.8 Å². The second-order valence-corrected chi connectivity index (χ2v) is 8.53. The molecule has 4 amide bonds. The van der Waals surface area contributed by atoms with Gasteiger partial charge in [-0.2, -0.15) is 0 Å². The van der Waals surface area contributed by atoms with Crippen molar-refractivity contribution in [3.63, 3.8) is 0 Å². The number of primary amides is 1. The third kappa shape index (κ3) is 12.4. The molecule has 0 bridgehead atoms. The first-order valence-electron chi connectivity index (χ1n) is 11.6. The number of nitrogens with one attached hydrogen (secondary N) is 3. The molecule has 4 atom stereocenters. The summed E-state index contributed by atoms with van der Waals surface area (Å²) in [7, 11) is 0. The second-order valence-electron chi connectivity index (χ2n) is 8.53. The molecule has 0 aromatic heterocycles. The lowest BCUT2D eigenvalue weighted by molar-refractivity contribution is -0.144. The Morgan fingerprint density at radius 1 is 0.718 bits per heavy atom. The second kappa shape index (κ2) is 15.5. The van der Waals surface area contributed by atoms with Gasteiger partial charge in [0.25, 0.3) is 0 Å². The molecule has 4 unspecified atom stereocenters. The maximum Gasteiger partial charge on any atom is 0.326 e. The van der Waals surface area contributed by atoms with Crippen LogP contribution in [-0.4, -0.2) is 86.1 Å². The SMILES string of the molecule is NC(=O)CC(NC(=O)C(CCC(=O)O)NC(=O)C(Cc1ccc(O)cc1)NC(=O)C(N)CCC(=O)O)C(=O)O. The van der Waals surface area contributed by atoms with Gasteiger partial charge < -0.3 is 47.8 Å². The van der Waals surface area contributed by atoms with Crippen LogP contribution in [0, 0.1) is 0 Å². The van der Waals surface area contributed by atoms with Gasteiger partial charge in [-0.3, -0.25) is 28.8 Å². The predicted octanol–water partition coefficient (Wildman–Crippen LogP) is -2.59. The monoisotopic (exact) mass is 553 g/mol. The number of carboxylic acids is 3. The molecule has 1 aromatic carbocycles. The van der Waals surface area contributed by atoms with Gasteiger partial charge in [0, 0.05) is 19.3 Å². The number of carboxylic acid groups (broad SMARTS) is 3. The number of carbonyl (C=O) groups excluding carboxylic acids is 4. The number of benzene rings is 1. The summed E-state index contributed by atoms with van der Waals surface area (Å²) in [6.45, 7) is 0. The Hall–Kier alpha value is -4.73. The number of hydrogen-bond donors (Lipinski definition) is 9. The first-order chi connectivity index (χ1) is 18.2. The van der Waals surface area contributed by atoms with E-state index in [1.54, 1.807) is 0 Å². The molecule has 0 aliphatic rings. The van der Waals surface area contributed by atoms with Crippen LogP contribution < -0.4 is 27.4 Å². The van der Waals surface area contributed by atoms with E-state index in [2.05, 4.69) is 10.6 Å². The molecule has 1 rings (SSSR count). The Balaban J connectivity index is 3.17. The highest BCUT2D eigenvalue weighted by Crippen LogP contribution is 2.12. The lowest BCUT2D eigenvalue weighted by Crippen LogP contribution is -2.58. The largest absolute Gasteiger partial charge is 0.508 e. The molecule has 39 heavy (non-hydrogen) atoms. The van der Waals surface area contributed by atoms with Gasteiger partial charge in [0.1, 0.15) is 23.9 Å². The molecule has 0 spiro atoms. The smallest absolute Gasteiger partial charge is 0.326 e. The van der Waals surface area contributed by atoms with Crippen LogP contribution >= 0.6 is 0 Å². The highest BCUT2D eigenvalue weighted by Gasteiger charge is 2.31. The molecule has 1 aromatic rings. The molecule has 11 N–H and O–H groups in total. The molecule has 16 nitrogen and oxygen atoms in total. The molecule has 16 heteroatoms. The fraction of sp³-hybridized carbons (Fsp3) is 0.435. The van der Waals surface area contributed by atoms with E-state index in [-0.39, 0.29) is 18.6 Å². The summed E-state index contributed by atoms with van der Waals surface area (Å²) in [6, 6.07) is -0.519. The average Bonchev–Trinajstić information content (AvgIpc) is 2.84. The van der Waals surface area contributed by atoms with Crippen molar-refractivity contribution >= 4 is 41.5 Å². The van der Waals surface area contributed by atoms with E-state index < -0.39 is 91.4 Å². The van der Waals surface area contributed by atoms with Crippen LogP contribution in [0.15, 0.2) is 24.3 Å². The number of hydrogen-bond acceptors (Lipinski definition) is 9. The minimum absolute atomic E-state index is 0.0752. The third-order valence-electron chi connectivity index (χ3n) is 5.31. The summed E-state index contributed by atoms with van der Waals surface area (Å²) < 4.78 is 0. The summed E-state index contributed by atoms with van der Waals surface area (Å²) in [6.07, 6.45) is -2.70. The number of phenols is 1. The molecular formula is C23H31N5O11. The zero-order chi connectivity index (χ0) is 29.7. The molecule has 0 aliphatic heterocycles. The van der Waals surface area contributed by atoms with Crippen LogP contribution in [0.5, 0.6) is 5.75 Å². The highest BCUT2D eigenvalue weighted by atomic mass is 16.4. The number of phenolic OH excluding ortho intramolecular Hbond substituents is 1. The molecule has 0 radical (unpaired) electrons. The predicted molar refractivity (Wildman–Crippen MR) is 131 cm³/mol. The van der Waals surface area contributed by atoms with E-state index in [0.717, 1.165) is 0 Å². The highest BCUT2D eigenvalue weighted by molar-refractivity contribution is 5.95. The molecule has 0 heterocycles. The van der Waals surface area contributed by atoms with Crippen molar-refractivity contribution in [1.82, 2.24) is 16.0 Å². The van der Waals surface area contributed by atoms with Crippen LogP contribution in [0.4, 0.5) is 0 Å². The van der Waals surface area contributed by atoms with E-state index in [1.165, 1.54) is 24.3 Å². The molecule has 0 aliphatic carbocycles. The van der Waals surface area contributed by atoms with Crippen LogP contribution in [-0.2, 0) is 40.0 Å². The lowest BCUT2D eigenvalue weighted by atomic mass is 10.0. The van der Waals surface area contributed by atoms with Gasteiger partial charge in [0.2, 0.25) is 23.6 Å². The number of aliphatic carboxylic acids is 3. The number of carbonyl (C=O) groups is 7. The molecule has 0 saturated carbocycles. The number of amides is 4. The third-order valence-corrected chi connectivity index (χ3v) is 5.31. The van der Waals surface area contributed by atoms with Crippen LogP contribution in [0.25, 0.3) is 0 Å². The number of nitrogens with two attached hydrogens (primary N) is 2. The average molecular weight is 554 g/mol. The van der Waals surface area contributed by atoms with Gasteiger partial charge in [-0.15, -0.1) is 0 Å². The van der Waals surface area contributed by atoms with E-state index in [0.29, 0.717) is 5.56 Å². The fourth-order valence-corrected chi connectivity index (χ4v) is 3.25. The normalized spacial score (nSPS) is 13.7. The lowest BCUT2D eigenvalue weighted by Gasteiger charge is -2.25. The Morgan fingerprint density at radius 2 is 1.21 bits per heavy atom. The van der Waals surface area contributed by atoms with Crippen LogP contribution in [0.3, 0.4) is 0 Å². The summed E-state index contributed by atoms with van der Waals surface area (Å²) in [5.41, 5.74) is 11.2. The van der Waals surface area contributed by atoms with Gasteiger partial charge >= 0.3 is 17.9 Å². The van der Waals surface area contributed by atoms with Gasteiger partial charge in [0.15, 0.2) is 0 Å². The van der Waals surface area contributed by atoms with E-state index in [4.69, 9.17) is 21.7 Å². The standard InChI is InChI=1S/C23H31N5O11/c24-13(5-7-18(31)32)20(35)27-15(9-11-1-3-12(29)4-2-11)22(37)26-14(6-8-19(33)34)21(36)28-16(23(38)39)10-17(25)30/h1-4,13-16,29H,5-10,24H2,(H2,25,30)(H,26,37)(H,27,35)(H,28,36)(H,31,32)(H,33,34)(H,38,39). The maximum absolute atomic E-state index is 13.2. The van der Waals surface area contributed by atoms with Gasteiger partial charge in [-0.05, 0) is 30.5 Å². The van der Waals surface area contributed by atoms with Gasteiger partial charge in [-0.25, -0.2) is 4.79 Å². The molecular weight excluding hydrogens is 522 g/mol. The Bertz CT molecular complexity index is 1080. The maximum atomic E-state index is 13.2. The molecule has 214 valence electrons. The van der Waals surface area contributed by atoms with Crippen molar-refractivity contribution in [2.45, 2.75) is 62.7 Å². The fourth-order valence-electron chi connectivity index (χ4n) is 3.25. The first kappa shape index (κ1) is 32.3. The van der Waals surface area contributed by atoms with E-state index in [1.807, 2.05) is 5.32 Å². The first-order valence-corrected chi connectivity index (χ1v) is 11.6. The van der Waals surface area contributed by atoms with Crippen molar-refractivity contribution in [1.29, 1.82) is 0 Å². The minimum Gasteiger partial charge on any atom is -0.508 e. The minimum atomic E-state index is -1.75. The number of rotatable bonds is 17. The summed E-state index contributed by atoms with van der Waals surface area (Å²) in [5, 5.41) is 43.2. The summed E-state index contributed by atoms with van der Waals surface area (Å²) in [5.74, 6) is -8.21. The Morgan fingerprint density at radius 3 is 1.72 bits per heavy atom. The van der Waals surface area contributed by atoms with Crippen molar-refractivity contribution in [2.75, 3.05) is 0 Å². The molecule has 0 saturated heterocycles. The Labute approximate surface area is 221 Å².